The summed E-state index contributed by atoms with van der Waals surface area (Å²) in [7, 11) is 0. The number of rotatable bonds is 4. The van der Waals surface area contributed by atoms with Crippen molar-refractivity contribution in [1.82, 2.24) is 0 Å². The van der Waals surface area contributed by atoms with Crippen LogP contribution in [0, 0.1) is 0 Å². The Balaban J connectivity index is 1.91. The lowest BCUT2D eigenvalue weighted by atomic mass is 10.1. The lowest BCUT2D eigenvalue weighted by Crippen LogP contribution is -2.45. The number of hydrogen-bond donors (Lipinski definition) is 1. The zero-order valence-corrected chi connectivity index (χ0v) is 12.7. The van der Waals surface area contributed by atoms with Gasteiger partial charge in [0.05, 0.1) is 17.8 Å². The molecule has 0 spiro atoms. The van der Waals surface area contributed by atoms with Gasteiger partial charge in [0.15, 0.2) is 6.10 Å². The minimum absolute atomic E-state index is 0.0755. The number of para-hydroxylation sites is 2. The average Bonchev–Trinajstić information content (AvgIpc) is 2.57. The molecule has 0 radical (unpaired) electrons. The van der Waals surface area contributed by atoms with Crippen LogP contribution in [0.2, 0.25) is 0 Å². The second-order valence-electron chi connectivity index (χ2n) is 5.41. The van der Waals surface area contributed by atoms with Crippen LogP contribution in [0.5, 0.6) is 5.75 Å². The van der Waals surface area contributed by atoms with Crippen LogP contribution < -0.4 is 9.64 Å². The molecule has 0 aliphatic carbocycles. The van der Waals surface area contributed by atoms with Gasteiger partial charge in [-0.15, -0.1) is 0 Å². The third-order valence-electron chi connectivity index (χ3n) is 3.88. The van der Waals surface area contributed by atoms with Gasteiger partial charge in [-0.1, -0.05) is 31.2 Å². The summed E-state index contributed by atoms with van der Waals surface area (Å²) in [5.74, 6) is -0.343. The lowest BCUT2D eigenvalue weighted by Gasteiger charge is -2.34. The van der Waals surface area contributed by atoms with Crippen molar-refractivity contribution in [3.63, 3.8) is 0 Å². The first-order valence-corrected chi connectivity index (χ1v) is 7.49. The number of fused-ring (bicyclic) bond motifs is 1. The summed E-state index contributed by atoms with van der Waals surface area (Å²) >= 11 is 0. The first-order chi connectivity index (χ1) is 11.1. The number of aromatic carboxylic acids is 1. The van der Waals surface area contributed by atoms with Crippen molar-refractivity contribution in [2.75, 3.05) is 4.90 Å². The fourth-order valence-corrected chi connectivity index (χ4v) is 2.63. The van der Waals surface area contributed by atoms with Crippen LogP contribution in [0.15, 0.2) is 48.5 Å². The van der Waals surface area contributed by atoms with Crippen molar-refractivity contribution in [2.24, 2.45) is 0 Å². The molecular weight excluding hydrogens is 294 g/mol. The molecule has 1 heterocycles. The number of carbonyl (C=O) groups excluding carboxylic acids is 1. The Morgan fingerprint density at radius 3 is 2.52 bits per heavy atom. The van der Waals surface area contributed by atoms with Gasteiger partial charge in [0.2, 0.25) is 0 Å². The molecule has 0 aromatic heterocycles. The van der Waals surface area contributed by atoms with E-state index in [4.69, 9.17) is 9.84 Å². The molecule has 1 aliphatic rings. The molecule has 0 bridgehead atoms. The SMILES string of the molecule is CCC1Oc2ccccc2N(Cc2ccc(C(=O)O)cc2)C1=O. The first-order valence-electron chi connectivity index (χ1n) is 7.49. The largest absolute Gasteiger partial charge is 0.478 e. The Kier molecular flexibility index (Phi) is 4.02. The van der Waals surface area contributed by atoms with E-state index in [1.54, 1.807) is 29.2 Å². The summed E-state index contributed by atoms with van der Waals surface area (Å²) in [5.41, 5.74) is 1.84. The van der Waals surface area contributed by atoms with Crippen LogP contribution in [-0.2, 0) is 11.3 Å². The molecule has 0 saturated carbocycles. The molecule has 1 N–H and O–H groups in total. The van der Waals surface area contributed by atoms with E-state index in [-0.39, 0.29) is 11.5 Å². The van der Waals surface area contributed by atoms with Crippen molar-refractivity contribution in [3.8, 4) is 5.75 Å². The summed E-state index contributed by atoms with van der Waals surface area (Å²) in [6.07, 6.45) is 0.116. The highest BCUT2D eigenvalue weighted by Crippen LogP contribution is 2.35. The summed E-state index contributed by atoms with van der Waals surface area (Å²) in [6.45, 7) is 2.30. The third-order valence-corrected chi connectivity index (χ3v) is 3.88. The van der Waals surface area contributed by atoms with Crippen LogP contribution in [0.25, 0.3) is 0 Å². The van der Waals surface area contributed by atoms with Gasteiger partial charge in [0.1, 0.15) is 5.75 Å². The van der Waals surface area contributed by atoms with Crippen LogP contribution in [-0.4, -0.2) is 23.1 Å². The van der Waals surface area contributed by atoms with Gasteiger partial charge >= 0.3 is 5.97 Å². The molecule has 118 valence electrons. The molecule has 5 heteroatoms. The molecule has 23 heavy (non-hydrogen) atoms. The minimum Gasteiger partial charge on any atom is -0.478 e. The zero-order valence-electron chi connectivity index (χ0n) is 12.7. The van der Waals surface area contributed by atoms with Crippen LogP contribution in [0.1, 0.15) is 29.3 Å². The van der Waals surface area contributed by atoms with Crippen molar-refractivity contribution >= 4 is 17.6 Å². The van der Waals surface area contributed by atoms with E-state index in [2.05, 4.69) is 0 Å². The van der Waals surface area contributed by atoms with E-state index >= 15 is 0 Å². The van der Waals surface area contributed by atoms with Crippen molar-refractivity contribution in [1.29, 1.82) is 0 Å². The molecular formula is C18H17NO4. The van der Waals surface area contributed by atoms with E-state index < -0.39 is 12.1 Å². The topological polar surface area (TPSA) is 66.8 Å². The van der Waals surface area contributed by atoms with Crippen molar-refractivity contribution in [3.05, 3.63) is 59.7 Å². The van der Waals surface area contributed by atoms with Gasteiger partial charge in [-0.3, -0.25) is 4.79 Å². The highest BCUT2D eigenvalue weighted by molar-refractivity contribution is 5.99. The Morgan fingerprint density at radius 1 is 1.17 bits per heavy atom. The Hall–Kier alpha value is -2.82. The summed E-state index contributed by atoms with van der Waals surface area (Å²) < 4.78 is 5.74. The molecule has 1 atom stereocenters. The third kappa shape index (κ3) is 2.90. The maximum atomic E-state index is 12.6. The Morgan fingerprint density at radius 2 is 1.87 bits per heavy atom. The van der Waals surface area contributed by atoms with Crippen LogP contribution in [0.4, 0.5) is 5.69 Å². The summed E-state index contributed by atoms with van der Waals surface area (Å²) in [5, 5.41) is 8.95. The second kappa shape index (κ2) is 6.12. The summed E-state index contributed by atoms with van der Waals surface area (Å²) in [6, 6.07) is 14.0. The predicted molar refractivity (Wildman–Crippen MR) is 85.7 cm³/mol. The molecule has 0 saturated heterocycles. The number of carboxylic acid groups (broad SMARTS) is 1. The van der Waals surface area contributed by atoms with Crippen molar-refractivity contribution in [2.45, 2.75) is 26.0 Å². The van der Waals surface area contributed by atoms with E-state index in [1.165, 1.54) is 0 Å². The molecule has 0 fully saturated rings. The number of carboxylic acids is 1. The summed E-state index contributed by atoms with van der Waals surface area (Å²) in [4.78, 5) is 25.2. The van der Waals surface area contributed by atoms with Crippen LogP contribution >= 0.6 is 0 Å². The number of hydrogen-bond acceptors (Lipinski definition) is 3. The smallest absolute Gasteiger partial charge is 0.335 e. The van der Waals surface area contributed by atoms with E-state index in [9.17, 15) is 9.59 Å². The zero-order chi connectivity index (χ0) is 16.4. The highest BCUT2D eigenvalue weighted by Gasteiger charge is 2.32. The van der Waals surface area contributed by atoms with Gasteiger partial charge in [0, 0.05) is 0 Å². The van der Waals surface area contributed by atoms with Crippen LogP contribution in [0.3, 0.4) is 0 Å². The maximum absolute atomic E-state index is 12.6. The van der Waals surface area contributed by atoms with E-state index in [1.807, 2.05) is 31.2 Å². The van der Waals surface area contributed by atoms with Gasteiger partial charge in [-0.2, -0.15) is 0 Å². The average molecular weight is 311 g/mol. The molecule has 1 unspecified atom stereocenters. The minimum atomic E-state index is -0.963. The molecule has 2 aromatic rings. The Labute approximate surface area is 134 Å². The van der Waals surface area contributed by atoms with E-state index in [0.717, 1.165) is 11.3 Å². The normalized spacial score (nSPS) is 16.7. The fraction of sp³-hybridized carbons (Fsp3) is 0.222. The van der Waals surface area contributed by atoms with Gasteiger partial charge in [0.25, 0.3) is 5.91 Å². The molecule has 1 aliphatic heterocycles. The number of benzene rings is 2. The second-order valence-corrected chi connectivity index (χ2v) is 5.41. The lowest BCUT2D eigenvalue weighted by molar-refractivity contribution is -0.126. The number of amides is 1. The van der Waals surface area contributed by atoms with Gasteiger partial charge < -0.3 is 14.7 Å². The number of anilines is 1. The van der Waals surface area contributed by atoms with Gasteiger partial charge in [-0.05, 0) is 36.2 Å². The highest BCUT2D eigenvalue weighted by atomic mass is 16.5. The molecule has 1 amide bonds. The molecule has 3 rings (SSSR count). The van der Waals surface area contributed by atoms with E-state index in [0.29, 0.717) is 18.7 Å². The fourth-order valence-electron chi connectivity index (χ4n) is 2.63. The number of ether oxygens (including phenoxy) is 1. The molecule has 2 aromatic carbocycles. The van der Waals surface area contributed by atoms with Crippen molar-refractivity contribution < 1.29 is 19.4 Å². The standard InChI is InChI=1S/C18H17NO4/c1-2-15-17(20)19(14-5-3-4-6-16(14)23-15)11-12-7-9-13(10-8-12)18(21)22/h3-10,15H,2,11H2,1H3,(H,21,22). The number of carbonyl (C=O) groups is 2. The predicted octanol–water partition coefficient (Wildman–Crippen LogP) is 3.09. The number of nitrogens with zero attached hydrogens (tertiary/aromatic N) is 1. The molecule has 5 nitrogen and oxygen atoms in total. The monoisotopic (exact) mass is 311 g/mol. The first kappa shape index (κ1) is 15.1. The Bertz CT molecular complexity index is 739. The maximum Gasteiger partial charge on any atom is 0.335 e. The quantitative estimate of drug-likeness (QED) is 0.942. The van der Waals surface area contributed by atoms with Gasteiger partial charge in [-0.25, -0.2) is 4.79 Å².